The lowest BCUT2D eigenvalue weighted by Gasteiger charge is -2.05. The van der Waals surface area contributed by atoms with Gasteiger partial charge in [0.1, 0.15) is 11.5 Å². The summed E-state index contributed by atoms with van der Waals surface area (Å²) in [7, 11) is -3.98. The van der Waals surface area contributed by atoms with Gasteiger partial charge in [0, 0.05) is 0 Å². The summed E-state index contributed by atoms with van der Waals surface area (Å²) in [4.78, 5) is 0. The minimum absolute atomic E-state index is 0.0475. The molecule has 0 spiro atoms. The van der Waals surface area contributed by atoms with Gasteiger partial charge >= 0.3 is 10.4 Å². The molecule has 0 heterocycles. The van der Waals surface area contributed by atoms with E-state index in [-0.39, 0.29) is 11.5 Å². The van der Waals surface area contributed by atoms with Crippen LogP contribution in [0.4, 0.5) is 0 Å². The van der Waals surface area contributed by atoms with Gasteiger partial charge in [0.05, 0.1) is 0 Å². The van der Waals surface area contributed by atoms with Gasteiger partial charge in [-0.25, -0.2) is 0 Å². The molecule has 0 saturated carbocycles. The summed E-state index contributed by atoms with van der Waals surface area (Å²) in [5.41, 5.74) is 0. The molecule has 0 fully saturated rings. The summed E-state index contributed by atoms with van der Waals surface area (Å²) in [5, 5.41) is 0. The molecule has 0 saturated heterocycles. The molecule has 0 N–H and O–H groups in total. The van der Waals surface area contributed by atoms with Crippen molar-refractivity contribution in [2.24, 2.45) is 0 Å². The molecule has 5 heteroatoms. The number of rotatable bonds is 4. The first kappa shape index (κ1) is 10.0. The molecule has 0 aromatic heterocycles. The van der Waals surface area contributed by atoms with Crippen LogP contribution in [-0.2, 0) is 18.8 Å². The maximum absolute atomic E-state index is 10.7. The molecule has 4 nitrogen and oxygen atoms in total. The van der Waals surface area contributed by atoms with Crippen LogP contribution in [0.1, 0.15) is 13.8 Å². The second kappa shape index (κ2) is 3.43. The largest absolute Gasteiger partial charge is 0.500 e. The number of hydrogen-bond donors (Lipinski definition) is 0. The first-order valence-corrected chi connectivity index (χ1v) is 4.12. The minimum atomic E-state index is -3.98. The molecule has 0 bridgehead atoms. The van der Waals surface area contributed by atoms with E-state index in [0.717, 1.165) is 0 Å². The van der Waals surface area contributed by atoms with E-state index in [1.807, 2.05) is 0 Å². The van der Waals surface area contributed by atoms with Crippen LogP contribution in [0.2, 0.25) is 0 Å². The lowest BCUT2D eigenvalue weighted by Crippen LogP contribution is -2.06. The average Bonchev–Trinajstić information content (AvgIpc) is 1.53. The molecule has 0 aromatic rings. The molecule has 0 aromatic carbocycles. The predicted molar refractivity (Wildman–Crippen MR) is 40.7 cm³/mol. The van der Waals surface area contributed by atoms with Crippen LogP contribution in [0.5, 0.6) is 0 Å². The van der Waals surface area contributed by atoms with E-state index in [1.165, 1.54) is 13.8 Å². The first-order chi connectivity index (χ1) is 4.83. The van der Waals surface area contributed by atoms with Gasteiger partial charge in [-0.1, -0.05) is 13.2 Å². The van der Waals surface area contributed by atoms with E-state index in [4.69, 9.17) is 0 Å². The maximum Gasteiger partial charge on any atom is 0.500 e. The lowest BCUT2D eigenvalue weighted by atomic mass is 10.7. The third-order valence-corrected chi connectivity index (χ3v) is 1.47. The third kappa shape index (κ3) is 5.47. The molecular formula is C6H10O4S. The van der Waals surface area contributed by atoms with Gasteiger partial charge in [-0.15, -0.1) is 8.42 Å². The Kier molecular flexibility index (Phi) is 3.13. The van der Waals surface area contributed by atoms with Gasteiger partial charge in [0.15, 0.2) is 0 Å². The zero-order valence-electron chi connectivity index (χ0n) is 6.46. The lowest BCUT2D eigenvalue weighted by molar-refractivity contribution is 0.301. The van der Waals surface area contributed by atoms with Gasteiger partial charge in [0.25, 0.3) is 0 Å². The third-order valence-electron chi connectivity index (χ3n) is 0.489. The van der Waals surface area contributed by atoms with Gasteiger partial charge in [-0.3, -0.25) is 0 Å². The fraction of sp³-hybridized carbons (Fsp3) is 0.333. The standard InChI is InChI=1S/C6H10O4S/c1-5(2)9-11(7,8)10-6(3)4/h1,3H2,2,4H3. The van der Waals surface area contributed by atoms with Crippen LogP contribution in [-0.4, -0.2) is 8.42 Å². The Labute approximate surface area is 66.5 Å². The molecule has 0 aliphatic rings. The summed E-state index contributed by atoms with van der Waals surface area (Å²) in [6.45, 7) is 9.28. The van der Waals surface area contributed by atoms with Crippen molar-refractivity contribution in [2.45, 2.75) is 13.8 Å². The van der Waals surface area contributed by atoms with Crippen molar-refractivity contribution >= 4 is 10.4 Å². The van der Waals surface area contributed by atoms with E-state index in [1.54, 1.807) is 0 Å². The highest BCUT2D eigenvalue weighted by Crippen LogP contribution is 2.06. The molecule has 0 atom stereocenters. The quantitative estimate of drug-likeness (QED) is 0.609. The number of hydrogen-bond acceptors (Lipinski definition) is 4. The molecule has 0 aliphatic heterocycles. The zero-order valence-corrected chi connectivity index (χ0v) is 7.27. The van der Waals surface area contributed by atoms with E-state index >= 15 is 0 Å². The molecule has 0 amide bonds. The van der Waals surface area contributed by atoms with Crippen LogP contribution in [0, 0.1) is 0 Å². The van der Waals surface area contributed by atoms with E-state index in [9.17, 15) is 8.42 Å². The van der Waals surface area contributed by atoms with E-state index in [2.05, 4.69) is 21.5 Å². The monoisotopic (exact) mass is 178 g/mol. The summed E-state index contributed by atoms with van der Waals surface area (Å²) in [6, 6.07) is 0. The number of allylic oxidation sites excluding steroid dienone is 2. The molecule has 0 aliphatic carbocycles. The Morgan fingerprint density at radius 2 is 1.36 bits per heavy atom. The van der Waals surface area contributed by atoms with Crippen LogP contribution in [0.15, 0.2) is 24.7 Å². The van der Waals surface area contributed by atoms with Crippen molar-refractivity contribution in [3.63, 3.8) is 0 Å². The Balaban J connectivity index is 4.25. The van der Waals surface area contributed by atoms with Crippen molar-refractivity contribution in [3.05, 3.63) is 24.7 Å². The fourth-order valence-corrected chi connectivity index (χ4v) is 1.10. The molecule has 0 rings (SSSR count). The topological polar surface area (TPSA) is 52.6 Å². The maximum atomic E-state index is 10.7. The van der Waals surface area contributed by atoms with Gasteiger partial charge in [-0.2, -0.15) is 0 Å². The highest BCUT2D eigenvalue weighted by molar-refractivity contribution is 7.82. The summed E-state index contributed by atoms with van der Waals surface area (Å²) >= 11 is 0. The highest BCUT2D eigenvalue weighted by atomic mass is 32.3. The van der Waals surface area contributed by atoms with E-state index < -0.39 is 10.4 Å². The molecular weight excluding hydrogens is 168 g/mol. The Morgan fingerprint density at radius 3 is 1.55 bits per heavy atom. The molecule has 11 heavy (non-hydrogen) atoms. The highest BCUT2D eigenvalue weighted by Gasteiger charge is 2.12. The normalized spacial score (nSPS) is 10.4. The Hall–Kier alpha value is -0.970. The van der Waals surface area contributed by atoms with Crippen LogP contribution in [0.3, 0.4) is 0 Å². The van der Waals surface area contributed by atoms with E-state index in [0.29, 0.717) is 0 Å². The van der Waals surface area contributed by atoms with Crippen LogP contribution >= 0.6 is 0 Å². The second-order valence-electron chi connectivity index (χ2n) is 1.98. The second-order valence-corrected chi connectivity index (χ2v) is 3.13. The SMILES string of the molecule is C=C(C)OS(=O)(=O)OC(=C)C. The smallest absolute Gasteiger partial charge is 0.358 e. The van der Waals surface area contributed by atoms with Crippen molar-refractivity contribution in [1.29, 1.82) is 0 Å². The van der Waals surface area contributed by atoms with Crippen LogP contribution in [0.25, 0.3) is 0 Å². The summed E-state index contributed by atoms with van der Waals surface area (Å²) in [6.07, 6.45) is 0. The summed E-state index contributed by atoms with van der Waals surface area (Å²) in [5.74, 6) is 0.0949. The Morgan fingerprint density at radius 1 is 1.09 bits per heavy atom. The average molecular weight is 178 g/mol. The predicted octanol–water partition coefficient (Wildman–Crippen LogP) is 1.33. The van der Waals surface area contributed by atoms with Crippen molar-refractivity contribution in [1.82, 2.24) is 0 Å². The fourth-order valence-electron chi connectivity index (χ4n) is 0.365. The summed E-state index contributed by atoms with van der Waals surface area (Å²) < 4.78 is 29.9. The molecule has 64 valence electrons. The minimum Gasteiger partial charge on any atom is -0.358 e. The van der Waals surface area contributed by atoms with Gasteiger partial charge in [0.2, 0.25) is 0 Å². The van der Waals surface area contributed by atoms with Crippen LogP contribution < -0.4 is 0 Å². The zero-order chi connectivity index (χ0) is 9.07. The van der Waals surface area contributed by atoms with Crippen molar-refractivity contribution in [3.8, 4) is 0 Å². The molecule has 0 radical (unpaired) electrons. The van der Waals surface area contributed by atoms with Crippen molar-refractivity contribution < 1.29 is 16.8 Å². The van der Waals surface area contributed by atoms with Gasteiger partial charge in [-0.05, 0) is 13.8 Å². The van der Waals surface area contributed by atoms with Crippen molar-refractivity contribution in [2.75, 3.05) is 0 Å². The Bertz CT molecular complexity index is 240. The first-order valence-electron chi connectivity index (χ1n) is 2.78. The van der Waals surface area contributed by atoms with Gasteiger partial charge < -0.3 is 8.37 Å². The molecule has 0 unspecified atom stereocenters.